The van der Waals surface area contributed by atoms with Gasteiger partial charge in [-0.2, -0.15) is 13.2 Å². The second kappa shape index (κ2) is 3.08. The van der Waals surface area contributed by atoms with Crippen molar-refractivity contribution in [2.75, 3.05) is 5.32 Å². The first-order chi connectivity index (χ1) is 6.89. The van der Waals surface area contributed by atoms with E-state index in [2.05, 4.69) is 15.5 Å². The number of nitrogens with zero attached hydrogens (tertiary/aromatic N) is 2. The predicted molar refractivity (Wildman–Crippen MR) is 48.3 cm³/mol. The molecule has 0 bridgehead atoms. The Morgan fingerprint density at radius 2 is 1.93 bits per heavy atom. The molecule has 1 fully saturated rings. The van der Waals surface area contributed by atoms with Gasteiger partial charge in [-0.15, -0.1) is 10.2 Å². The average Bonchev–Trinajstić information content (AvgIpc) is 2.82. The third-order valence-corrected chi connectivity index (χ3v) is 2.38. The van der Waals surface area contributed by atoms with E-state index in [4.69, 9.17) is 0 Å². The van der Waals surface area contributed by atoms with Crippen molar-refractivity contribution in [3.8, 4) is 0 Å². The van der Waals surface area contributed by atoms with Crippen molar-refractivity contribution >= 4 is 5.82 Å². The monoisotopic (exact) mass is 217 g/mol. The van der Waals surface area contributed by atoms with Gasteiger partial charge in [-0.25, -0.2) is 0 Å². The van der Waals surface area contributed by atoms with Crippen LogP contribution >= 0.6 is 0 Å². The maximum absolute atomic E-state index is 12.1. The highest BCUT2D eigenvalue weighted by molar-refractivity contribution is 5.39. The largest absolute Gasteiger partial charge is 0.435 e. The lowest BCUT2D eigenvalue weighted by Crippen LogP contribution is -2.18. The van der Waals surface area contributed by atoms with Crippen molar-refractivity contribution in [2.24, 2.45) is 0 Å². The molecular formula is C9H10F3N3. The molecular weight excluding hydrogens is 207 g/mol. The summed E-state index contributed by atoms with van der Waals surface area (Å²) in [5, 5.41) is 9.64. The van der Waals surface area contributed by atoms with Gasteiger partial charge in [0.1, 0.15) is 5.82 Å². The van der Waals surface area contributed by atoms with Crippen LogP contribution in [0.25, 0.3) is 0 Å². The molecule has 0 radical (unpaired) electrons. The maximum Gasteiger partial charge on any atom is 0.435 e. The van der Waals surface area contributed by atoms with Gasteiger partial charge in [0.15, 0.2) is 5.69 Å². The van der Waals surface area contributed by atoms with Crippen LogP contribution in [0.1, 0.15) is 25.5 Å². The summed E-state index contributed by atoms with van der Waals surface area (Å²) in [5.41, 5.74) is -0.969. The van der Waals surface area contributed by atoms with Crippen LogP contribution in [0, 0.1) is 0 Å². The van der Waals surface area contributed by atoms with Gasteiger partial charge < -0.3 is 5.32 Å². The number of halogens is 3. The van der Waals surface area contributed by atoms with Crippen LogP contribution in [-0.4, -0.2) is 15.7 Å². The van der Waals surface area contributed by atoms with Crippen LogP contribution in [-0.2, 0) is 6.18 Å². The summed E-state index contributed by atoms with van der Waals surface area (Å²) in [6, 6.07) is 2.24. The number of alkyl halides is 3. The highest BCUT2D eigenvalue weighted by Crippen LogP contribution is 2.37. The number of rotatable bonds is 2. The summed E-state index contributed by atoms with van der Waals surface area (Å²) >= 11 is 0. The summed E-state index contributed by atoms with van der Waals surface area (Å²) in [7, 11) is 0. The molecule has 3 nitrogen and oxygen atoms in total. The lowest BCUT2D eigenvalue weighted by atomic mass is 10.3. The molecule has 0 spiro atoms. The zero-order valence-corrected chi connectivity index (χ0v) is 8.10. The average molecular weight is 217 g/mol. The topological polar surface area (TPSA) is 37.8 Å². The molecule has 2 rings (SSSR count). The molecule has 1 saturated carbocycles. The van der Waals surface area contributed by atoms with E-state index in [9.17, 15) is 13.2 Å². The fourth-order valence-corrected chi connectivity index (χ4v) is 1.17. The van der Waals surface area contributed by atoms with Crippen molar-refractivity contribution < 1.29 is 13.2 Å². The zero-order chi connectivity index (χ0) is 11.1. The van der Waals surface area contributed by atoms with E-state index in [0.29, 0.717) is 5.82 Å². The molecule has 0 unspecified atom stereocenters. The van der Waals surface area contributed by atoms with Gasteiger partial charge in [-0.05, 0) is 31.9 Å². The summed E-state index contributed by atoms with van der Waals surface area (Å²) in [6.45, 7) is 1.99. The molecule has 1 aliphatic rings. The van der Waals surface area contributed by atoms with E-state index >= 15 is 0 Å². The lowest BCUT2D eigenvalue weighted by molar-refractivity contribution is -0.141. The quantitative estimate of drug-likeness (QED) is 0.826. The standard InChI is InChI=1S/C9H10F3N3/c1-8(4-5-8)13-7-3-2-6(14-15-7)9(10,11)12/h2-3H,4-5H2,1H3,(H,13,15). The fourth-order valence-electron chi connectivity index (χ4n) is 1.17. The van der Waals surface area contributed by atoms with E-state index in [1.54, 1.807) is 0 Å². The molecule has 0 aromatic carbocycles. The SMILES string of the molecule is CC1(Nc2ccc(C(F)(F)F)nn2)CC1. The lowest BCUT2D eigenvalue weighted by Gasteiger charge is -2.11. The second-order valence-electron chi connectivity index (χ2n) is 3.99. The van der Waals surface area contributed by atoms with Gasteiger partial charge in [-0.3, -0.25) is 0 Å². The fraction of sp³-hybridized carbons (Fsp3) is 0.556. The van der Waals surface area contributed by atoms with Gasteiger partial charge in [-0.1, -0.05) is 0 Å². The Hall–Kier alpha value is -1.33. The summed E-state index contributed by atoms with van der Waals surface area (Å²) < 4.78 is 36.4. The maximum atomic E-state index is 12.1. The summed E-state index contributed by atoms with van der Waals surface area (Å²) in [6.07, 6.45) is -2.40. The van der Waals surface area contributed by atoms with Gasteiger partial charge >= 0.3 is 6.18 Å². The van der Waals surface area contributed by atoms with Crippen molar-refractivity contribution in [3.63, 3.8) is 0 Å². The van der Waals surface area contributed by atoms with E-state index in [1.807, 2.05) is 6.92 Å². The first kappa shape index (κ1) is 10.2. The van der Waals surface area contributed by atoms with E-state index in [1.165, 1.54) is 6.07 Å². The normalized spacial score (nSPS) is 18.7. The van der Waals surface area contributed by atoms with E-state index in [0.717, 1.165) is 18.9 Å². The van der Waals surface area contributed by atoms with Gasteiger partial charge in [0, 0.05) is 5.54 Å². The van der Waals surface area contributed by atoms with Gasteiger partial charge in [0.25, 0.3) is 0 Å². The Morgan fingerprint density at radius 1 is 1.27 bits per heavy atom. The van der Waals surface area contributed by atoms with Crippen LogP contribution < -0.4 is 5.32 Å². The zero-order valence-electron chi connectivity index (χ0n) is 8.10. The first-order valence-electron chi connectivity index (χ1n) is 4.58. The number of anilines is 1. The molecule has 1 heterocycles. The summed E-state index contributed by atoms with van der Waals surface area (Å²) in [5.74, 6) is 0.392. The number of hydrogen-bond acceptors (Lipinski definition) is 3. The molecule has 1 aromatic heterocycles. The Bertz CT molecular complexity index is 354. The smallest absolute Gasteiger partial charge is 0.363 e. The Kier molecular flexibility index (Phi) is 2.09. The van der Waals surface area contributed by atoms with Crippen LogP contribution in [0.5, 0.6) is 0 Å². The Morgan fingerprint density at radius 3 is 2.33 bits per heavy atom. The predicted octanol–water partition coefficient (Wildman–Crippen LogP) is 2.46. The highest BCUT2D eigenvalue weighted by Gasteiger charge is 2.38. The van der Waals surface area contributed by atoms with E-state index in [-0.39, 0.29) is 5.54 Å². The van der Waals surface area contributed by atoms with Crippen LogP contribution in [0.3, 0.4) is 0 Å². The molecule has 1 aliphatic carbocycles. The number of hydrogen-bond donors (Lipinski definition) is 1. The van der Waals surface area contributed by atoms with Gasteiger partial charge in [0.2, 0.25) is 0 Å². The minimum absolute atomic E-state index is 0.00553. The van der Waals surface area contributed by atoms with E-state index < -0.39 is 11.9 Å². The molecule has 0 amide bonds. The molecule has 0 saturated heterocycles. The molecule has 0 aliphatic heterocycles. The third kappa shape index (κ3) is 2.37. The highest BCUT2D eigenvalue weighted by atomic mass is 19.4. The summed E-state index contributed by atoms with van der Waals surface area (Å²) in [4.78, 5) is 0. The molecule has 1 aromatic rings. The Balaban J connectivity index is 2.10. The molecule has 1 N–H and O–H groups in total. The van der Waals surface area contributed by atoms with Crippen LogP contribution in [0.2, 0.25) is 0 Å². The molecule has 82 valence electrons. The first-order valence-corrected chi connectivity index (χ1v) is 4.58. The van der Waals surface area contributed by atoms with Crippen LogP contribution in [0.15, 0.2) is 12.1 Å². The van der Waals surface area contributed by atoms with Crippen LogP contribution in [0.4, 0.5) is 19.0 Å². The minimum atomic E-state index is -4.42. The third-order valence-electron chi connectivity index (χ3n) is 2.38. The van der Waals surface area contributed by atoms with Crippen molar-refractivity contribution in [3.05, 3.63) is 17.8 Å². The Labute approximate surface area is 84.7 Å². The van der Waals surface area contributed by atoms with Gasteiger partial charge in [0.05, 0.1) is 0 Å². The second-order valence-corrected chi connectivity index (χ2v) is 3.99. The van der Waals surface area contributed by atoms with Crippen molar-refractivity contribution in [2.45, 2.75) is 31.5 Å². The number of nitrogens with one attached hydrogen (secondary N) is 1. The minimum Gasteiger partial charge on any atom is -0.363 e. The molecule has 15 heavy (non-hydrogen) atoms. The molecule has 6 heteroatoms. The van der Waals surface area contributed by atoms with Crippen molar-refractivity contribution in [1.82, 2.24) is 10.2 Å². The number of aromatic nitrogens is 2. The molecule has 0 atom stereocenters. The van der Waals surface area contributed by atoms with Crippen molar-refractivity contribution in [1.29, 1.82) is 0 Å².